The van der Waals surface area contributed by atoms with Crippen LogP contribution in [0, 0.1) is 0 Å². The van der Waals surface area contributed by atoms with Crippen molar-refractivity contribution in [2.45, 2.75) is 32.9 Å². The van der Waals surface area contributed by atoms with E-state index < -0.39 is 6.61 Å². The maximum absolute atomic E-state index is 12.5. The summed E-state index contributed by atoms with van der Waals surface area (Å²) in [6.45, 7) is 1.48. The minimum Gasteiger partial charge on any atom is -0.434 e. The molecule has 0 spiro atoms. The molecular weight excluding hydrogens is 537 g/mol. The lowest BCUT2D eigenvalue weighted by molar-refractivity contribution is -0.128. The SMILES string of the molecule is CCNC(=NCc1cc(Br)ccc1OC(F)F)NCC(=O)N1CCCC1.I. The fourth-order valence-electron chi connectivity index (χ4n) is 2.63. The van der Waals surface area contributed by atoms with E-state index in [4.69, 9.17) is 0 Å². The number of rotatable bonds is 7. The summed E-state index contributed by atoms with van der Waals surface area (Å²) in [6.07, 6.45) is 2.07. The maximum atomic E-state index is 12.5. The number of halogens is 4. The van der Waals surface area contributed by atoms with E-state index in [1.807, 2.05) is 11.8 Å². The minimum atomic E-state index is -2.90. The van der Waals surface area contributed by atoms with Gasteiger partial charge in [-0.25, -0.2) is 4.99 Å². The number of nitrogens with one attached hydrogen (secondary N) is 2. The van der Waals surface area contributed by atoms with Crippen LogP contribution in [0.3, 0.4) is 0 Å². The third-order valence-corrected chi connectivity index (χ3v) is 4.35. The van der Waals surface area contributed by atoms with Gasteiger partial charge in [-0.3, -0.25) is 4.79 Å². The first kappa shape index (κ1) is 23.9. The van der Waals surface area contributed by atoms with Crippen molar-refractivity contribution in [2.24, 2.45) is 4.99 Å². The number of hydrogen-bond acceptors (Lipinski definition) is 3. The number of guanidine groups is 1. The van der Waals surface area contributed by atoms with Crippen LogP contribution in [-0.4, -0.2) is 49.6 Å². The summed E-state index contributed by atoms with van der Waals surface area (Å²) in [6, 6.07) is 4.78. The van der Waals surface area contributed by atoms with E-state index in [0.29, 0.717) is 18.1 Å². The van der Waals surface area contributed by atoms with Crippen LogP contribution in [0.4, 0.5) is 8.78 Å². The molecule has 0 bridgehead atoms. The number of carbonyl (C=O) groups excluding carboxylic acids is 1. The lowest BCUT2D eigenvalue weighted by atomic mass is 10.2. The van der Waals surface area contributed by atoms with Crippen LogP contribution in [0.15, 0.2) is 27.7 Å². The van der Waals surface area contributed by atoms with Gasteiger partial charge in [-0.15, -0.1) is 24.0 Å². The highest BCUT2D eigenvalue weighted by Gasteiger charge is 2.17. The molecule has 1 saturated heterocycles. The molecule has 152 valence electrons. The zero-order valence-electron chi connectivity index (χ0n) is 15.0. The average molecular weight is 561 g/mol. The summed E-state index contributed by atoms with van der Waals surface area (Å²) >= 11 is 3.31. The Kier molecular flexibility index (Phi) is 10.9. The Bertz CT molecular complexity index is 643. The summed E-state index contributed by atoms with van der Waals surface area (Å²) in [5.74, 6) is 0.552. The van der Waals surface area contributed by atoms with Gasteiger partial charge in [0.05, 0.1) is 13.1 Å². The van der Waals surface area contributed by atoms with Crippen LogP contribution in [0.25, 0.3) is 0 Å². The standard InChI is InChI=1S/C17H23BrF2N4O2.HI/c1-2-21-17(23-11-15(25)24-7-3-4-8-24)22-10-12-9-13(18)5-6-14(12)26-16(19)20;/h5-6,9,16H,2-4,7-8,10-11H2,1H3,(H2,21,22,23);1H. The topological polar surface area (TPSA) is 66.0 Å². The Labute approximate surface area is 183 Å². The van der Waals surface area contributed by atoms with Crippen molar-refractivity contribution in [3.63, 3.8) is 0 Å². The Hall–Kier alpha value is -1.17. The van der Waals surface area contributed by atoms with Gasteiger partial charge in [0.15, 0.2) is 5.96 Å². The molecule has 1 heterocycles. The summed E-state index contributed by atoms with van der Waals surface area (Å²) in [7, 11) is 0. The van der Waals surface area contributed by atoms with Gasteiger partial charge < -0.3 is 20.3 Å². The third kappa shape index (κ3) is 8.16. The first-order valence-corrected chi connectivity index (χ1v) is 9.32. The molecule has 0 atom stereocenters. The van der Waals surface area contributed by atoms with Crippen molar-refractivity contribution >= 4 is 51.8 Å². The maximum Gasteiger partial charge on any atom is 0.387 e. The van der Waals surface area contributed by atoms with Gasteiger partial charge in [0.1, 0.15) is 5.75 Å². The summed E-state index contributed by atoms with van der Waals surface area (Å²) in [4.78, 5) is 18.3. The predicted molar refractivity (Wildman–Crippen MR) is 115 cm³/mol. The summed E-state index contributed by atoms with van der Waals surface area (Å²) < 4.78 is 30.4. The van der Waals surface area contributed by atoms with Crippen molar-refractivity contribution in [1.29, 1.82) is 0 Å². The fraction of sp³-hybridized carbons (Fsp3) is 0.529. The first-order chi connectivity index (χ1) is 12.5. The number of ether oxygens (including phenoxy) is 1. The minimum absolute atomic E-state index is 0. The zero-order valence-corrected chi connectivity index (χ0v) is 18.9. The molecule has 1 aromatic carbocycles. The number of nitrogens with zero attached hydrogens (tertiary/aromatic N) is 2. The van der Waals surface area contributed by atoms with E-state index >= 15 is 0 Å². The van der Waals surface area contributed by atoms with Crippen molar-refractivity contribution in [3.8, 4) is 5.75 Å². The predicted octanol–water partition coefficient (Wildman–Crippen LogP) is 3.35. The fourth-order valence-corrected chi connectivity index (χ4v) is 3.03. The zero-order chi connectivity index (χ0) is 18.9. The van der Waals surface area contributed by atoms with Gasteiger partial charge in [-0.05, 0) is 38.0 Å². The highest BCUT2D eigenvalue weighted by atomic mass is 127. The Morgan fingerprint density at radius 3 is 2.67 bits per heavy atom. The molecule has 27 heavy (non-hydrogen) atoms. The quantitative estimate of drug-likeness (QED) is 0.305. The van der Waals surface area contributed by atoms with Gasteiger partial charge in [0.2, 0.25) is 5.91 Å². The molecule has 0 saturated carbocycles. The Morgan fingerprint density at radius 1 is 1.33 bits per heavy atom. The molecule has 1 amide bonds. The van der Waals surface area contributed by atoms with E-state index in [9.17, 15) is 13.6 Å². The van der Waals surface area contributed by atoms with Crippen LogP contribution in [0.2, 0.25) is 0 Å². The van der Waals surface area contributed by atoms with E-state index in [1.54, 1.807) is 12.1 Å². The van der Waals surface area contributed by atoms with Crippen molar-refractivity contribution in [1.82, 2.24) is 15.5 Å². The second-order valence-electron chi connectivity index (χ2n) is 5.77. The lowest BCUT2D eigenvalue weighted by Gasteiger charge is -2.17. The third-order valence-electron chi connectivity index (χ3n) is 3.86. The van der Waals surface area contributed by atoms with E-state index in [0.717, 1.165) is 30.4 Å². The van der Waals surface area contributed by atoms with Crippen molar-refractivity contribution in [2.75, 3.05) is 26.2 Å². The number of amides is 1. The summed E-state index contributed by atoms with van der Waals surface area (Å²) in [5, 5.41) is 6.03. The molecule has 6 nitrogen and oxygen atoms in total. The number of aliphatic imine (C=N–C) groups is 1. The van der Waals surface area contributed by atoms with E-state index in [-0.39, 0.29) is 48.7 Å². The van der Waals surface area contributed by atoms with E-state index in [2.05, 4.69) is 36.3 Å². The Balaban J connectivity index is 0.00000364. The van der Waals surface area contributed by atoms with Gasteiger partial charge >= 0.3 is 6.61 Å². The van der Waals surface area contributed by atoms with Crippen molar-refractivity contribution < 1.29 is 18.3 Å². The number of hydrogen-bond donors (Lipinski definition) is 2. The molecule has 0 aliphatic carbocycles. The van der Waals surface area contributed by atoms with Gasteiger partial charge in [0, 0.05) is 29.7 Å². The monoisotopic (exact) mass is 560 g/mol. The largest absolute Gasteiger partial charge is 0.434 e. The van der Waals surface area contributed by atoms with E-state index in [1.165, 1.54) is 6.07 Å². The van der Waals surface area contributed by atoms with Gasteiger partial charge in [-0.2, -0.15) is 8.78 Å². The molecule has 1 aromatic rings. The number of benzene rings is 1. The van der Waals surface area contributed by atoms with Crippen molar-refractivity contribution in [3.05, 3.63) is 28.2 Å². The molecule has 1 fully saturated rings. The van der Waals surface area contributed by atoms with Crippen LogP contribution >= 0.6 is 39.9 Å². The molecule has 2 rings (SSSR count). The molecule has 1 aliphatic heterocycles. The molecular formula is C17H24BrF2IN4O2. The Morgan fingerprint density at radius 2 is 2.04 bits per heavy atom. The molecule has 2 N–H and O–H groups in total. The van der Waals surface area contributed by atoms with Gasteiger partial charge in [-0.1, -0.05) is 15.9 Å². The normalized spacial score (nSPS) is 14.1. The number of alkyl halides is 2. The molecule has 1 aliphatic rings. The van der Waals surface area contributed by atoms with Crippen LogP contribution in [-0.2, 0) is 11.3 Å². The molecule has 0 aromatic heterocycles. The van der Waals surface area contributed by atoms with Crippen LogP contribution in [0.5, 0.6) is 5.75 Å². The lowest BCUT2D eigenvalue weighted by Crippen LogP contribution is -2.44. The summed E-state index contributed by atoms with van der Waals surface area (Å²) in [5.41, 5.74) is 0.516. The average Bonchev–Trinajstić information content (AvgIpc) is 3.13. The molecule has 10 heteroatoms. The first-order valence-electron chi connectivity index (χ1n) is 8.52. The molecule has 0 radical (unpaired) electrons. The smallest absolute Gasteiger partial charge is 0.387 e. The second kappa shape index (κ2) is 12.3. The highest BCUT2D eigenvalue weighted by Crippen LogP contribution is 2.25. The van der Waals surface area contributed by atoms with Crippen LogP contribution in [0.1, 0.15) is 25.3 Å². The molecule has 0 unspecified atom stereocenters. The van der Waals surface area contributed by atoms with Gasteiger partial charge in [0.25, 0.3) is 0 Å². The number of likely N-dealkylation sites (tertiary alicyclic amines) is 1. The number of carbonyl (C=O) groups is 1. The van der Waals surface area contributed by atoms with Crippen LogP contribution < -0.4 is 15.4 Å². The second-order valence-corrected chi connectivity index (χ2v) is 6.68. The highest BCUT2D eigenvalue weighted by molar-refractivity contribution is 14.0.